The molecule has 2 heterocycles. The first-order chi connectivity index (χ1) is 13.5. The number of benzene rings is 2. The van der Waals surface area contributed by atoms with Gasteiger partial charge in [-0.2, -0.15) is 4.31 Å². The molecule has 1 aromatic heterocycles. The van der Waals surface area contributed by atoms with Crippen molar-refractivity contribution >= 4 is 20.9 Å². The van der Waals surface area contributed by atoms with E-state index in [0.29, 0.717) is 43.0 Å². The van der Waals surface area contributed by atoms with E-state index in [-0.39, 0.29) is 17.0 Å². The Balaban J connectivity index is 1.70. The zero-order valence-corrected chi connectivity index (χ0v) is 16.4. The molecule has 1 aliphatic heterocycles. The molecule has 0 radical (unpaired) electrons. The van der Waals surface area contributed by atoms with Crippen LogP contribution in [0.15, 0.2) is 58.2 Å². The number of hydrogen-bond acceptors (Lipinski definition) is 5. The Bertz CT molecular complexity index is 1180. The highest BCUT2D eigenvalue weighted by Gasteiger charge is 2.26. The topological polar surface area (TPSA) is 81.5 Å². The van der Waals surface area contributed by atoms with Crippen molar-refractivity contribution in [2.45, 2.75) is 18.4 Å². The van der Waals surface area contributed by atoms with Crippen molar-refractivity contribution in [1.29, 1.82) is 0 Å². The summed E-state index contributed by atoms with van der Waals surface area (Å²) >= 11 is 0. The third-order valence-electron chi connectivity index (χ3n) is 4.90. The van der Waals surface area contributed by atoms with Gasteiger partial charge in [0.1, 0.15) is 5.82 Å². The predicted octanol–water partition coefficient (Wildman–Crippen LogP) is 1.77. The summed E-state index contributed by atoms with van der Waals surface area (Å²) in [5, 5.41) is 0.546. The van der Waals surface area contributed by atoms with E-state index in [9.17, 15) is 13.2 Å². The molecule has 1 saturated heterocycles. The van der Waals surface area contributed by atoms with E-state index in [0.717, 1.165) is 5.56 Å². The average Bonchev–Trinajstić information content (AvgIpc) is 2.72. The molecule has 8 heteroatoms. The van der Waals surface area contributed by atoms with Gasteiger partial charge in [0.15, 0.2) is 0 Å². The molecule has 0 saturated carbocycles. The van der Waals surface area contributed by atoms with Gasteiger partial charge in [0.2, 0.25) is 10.0 Å². The molecule has 0 spiro atoms. The molecule has 146 valence electrons. The normalized spacial score (nSPS) is 15.8. The summed E-state index contributed by atoms with van der Waals surface area (Å²) in [6, 6.07) is 14.0. The van der Waals surface area contributed by atoms with Crippen LogP contribution in [0.4, 0.5) is 0 Å². The number of morpholine rings is 1. The van der Waals surface area contributed by atoms with Crippen LogP contribution in [0.2, 0.25) is 0 Å². The second kappa shape index (κ2) is 7.46. The molecular weight excluding hydrogens is 378 g/mol. The Morgan fingerprint density at radius 1 is 1.07 bits per heavy atom. The number of ether oxygens (including phenoxy) is 1. The molecule has 2 aromatic carbocycles. The van der Waals surface area contributed by atoms with Crippen molar-refractivity contribution < 1.29 is 13.2 Å². The quantitative estimate of drug-likeness (QED) is 0.668. The van der Waals surface area contributed by atoms with E-state index in [1.807, 2.05) is 18.2 Å². The van der Waals surface area contributed by atoms with Crippen molar-refractivity contribution in [2.75, 3.05) is 26.3 Å². The minimum atomic E-state index is -3.58. The highest BCUT2D eigenvalue weighted by molar-refractivity contribution is 7.89. The first kappa shape index (κ1) is 18.8. The monoisotopic (exact) mass is 399 g/mol. The lowest BCUT2D eigenvalue weighted by Gasteiger charge is -2.26. The zero-order chi connectivity index (χ0) is 19.7. The summed E-state index contributed by atoms with van der Waals surface area (Å²) in [6.45, 7) is 3.53. The molecule has 7 nitrogen and oxygen atoms in total. The number of fused-ring (bicyclic) bond motifs is 1. The van der Waals surface area contributed by atoms with Crippen molar-refractivity contribution in [2.24, 2.45) is 0 Å². The molecule has 0 unspecified atom stereocenters. The maximum absolute atomic E-state index is 12.9. The zero-order valence-electron chi connectivity index (χ0n) is 15.5. The fraction of sp³-hybridized carbons (Fsp3) is 0.300. The van der Waals surface area contributed by atoms with Crippen molar-refractivity contribution in [3.8, 4) is 0 Å². The van der Waals surface area contributed by atoms with Crippen LogP contribution >= 0.6 is 0 Å². The van der Waals surface area contributed by atoms with Crippen LogP contribution in [0.1, 0.15) is 11.4 Å². The van der Waals surface area contributed by atoms with Gasteiger partial charge in [-0.1, -0.05) is 24.3 Å². The molecule has 1 aliphatic rings. The van der Waals surface area contributed by atoms with Gasteiger partial charge in [-0.15, -0.1) is 0 Å². The third-order valence-corrected chi connectivity index (χ3v) is 6.79. The number of rotatable bonds is 4. The Labute approximate surface area is 163 Å². The van der Waals surface area contributed by atoms with Gasteiger partial charge in [0.25, 0.3) is 5.56 Å². The molecule has 0 amide bonds. The standard InChI is InChI=1S/C20H21N3O4S/c1-15-21-19-8-3-2-7-18(19)20(24)23(15)14-16-5-4-6-17(13-16)28(25,26)22-9-11-27-12-10-22/h2-8,13H,9-12,14H2,1H3. The van der Waals surface area contributed by atoms with Crippen LogP contribution in [0, 0.1) is 6.92 Å². The smallest absolute Gasteiger partial charge is 0.261 e. The van der Waals surface area contributed by atoms with Gasteiger partial charge in [-0.25, -0.2) is 13.4 Å². The van der Waals surface area contributed by atoms with Crippen LogP contribution in [0.25, 0.3) is 10.9 Å². The number of hydrogen-bond donors (Lipinski definition) is 0. The third kappa shape index (κ3) is 3.46. The first-order valence-electron chi connectivity index (χ1n) is 9.10. The summed E-state index contributed by atoms with van der Waals surface area (Å²) in [7, 11) is -3.58. The maximum atomic E-state index is 12.9. The fourth-order valence-corrected chi connectivity index (χ4v) is 4.87. The number of nitrogens with zero attached hydrogens (tertiary/aromatic N) is 3. The molecule has 0 bridgehead atoms. The summed E-state index contributed by atoms with van der Waals surface area (Å²) < 4.78 is 34.0. The van der Waals surface area contributed by atoms with E-state index < -0.39 is 10.0 Å². The van der Waals surface area contributed by atoms with E-state index in [4.69, 9.17) is 4.74 Å². The Morgan fingerprint density at radius 3 is 2.61 bits per heavy atom. The summed E-state index contributed by atoms with van der Waals surface area (Å²) in [5.41, 5.74) is 1.26. The largest absolute Gasteiger partial charge is 0.379 e. The number of para-hydroxylation sites is 1. The average molecular weight is 399 g/mol. The second-order valence-corrected chi connectivity index (χ2v) is 8.67. The second-order valence-electron chi connectivity index (χ2n) is 6.73. The van der Waals surface area contributed by atoms with Crippen LogP contribution in [-0.2, 0) is 21.3 Å². The maximum Gasteiger partial charge on any atom is 0.261 e. The number of aromatic nitrogens is 2. The van der Waals surface area contributed by atoms with Crippen LogP contribution in [0.3, 0.4) is 0 Å². The number of sulfonamides is 1. The van der Waals surface area contributed by atoms with Gasteiger partial charge >= 0.3 is 0 Å². The highest BCUT2D eigenvalue weighted by Crippen LogP contribution is 2.19. The van der Waals surface area contributed by atoms with E-state index in [2.05, 4.69) is 4.98 Å². The van der Waals surface area contributed by atoms with Gasteiger partial charge < -0.3 is 4.74 Å². The molecule has 1 fully saturated rings. The Kier molecular flexibility index (Phi) is 5.01. The lowest BCUT2D eigenvalue weighted by Crippen LogP contribution is -2.40. The summed E-state index contributed by atoms with van der Waals surface area (Å²) in [4.78, 5) is 17.6. The van der Waals surface area contributed by atoms with E-state index >= 15 is 0 Å². The minimum Gasteiger partial charge on any atom is -0.379 e. The lowest BCUT2D eigenvalue weighted by atomic mass is 10.2. The van der Waals surface area contributed by atoms with Crippen LogP contribution in [-0.4, -0.2) is 48.6 Å². The molecule has 4 rings (SSSR count). The predicted molar refractivity (Wildman–Crippen MR) is 106 cm³/mol. The van der Waals surface area contributed by atoms with Gasteiger partial charge in [0, 0.05) is 13.1 Å². The Hall–Kier alpha value is -2.55. The molecule has 0 aliphatic carbocycles. The van der Waals surface area contributed by atoms with Crippen molar-refractivity contribution in [3.63, 3.8) is 0 Å². The number of aryl methyl sites for hydroxylation is 1. The molecule has 0 atom stereocenters. The lowest BCUT2D eigenvalue weighted by molar-refractivity contribution is 0.0730. The molecular formula is C20H21N3O4S. The molecule has 0 N–H and O–H groups in total. The van der Waals surface area contributed by atoms with E-state index in [1.54, 1.807) is 41.8 Å². The molecule has 3 aromatic rings. The fourth-order valence-electron chi connectivity index (χ4n) is 3.39. The van der Waals surface area contributed by atoms with E-state index in [1.165, 1.54) is 4.31 Å². The summed E-state index contributed by atoms with van der Waals surface area (Å²) in [5.74, 6) is 0.588. The first-order valence-corrected chi connectivity index (χ1v) is 10.5. The van der Waals surface area contributed by atoms with Crippen molar-refractivity contribution in [1.82, 2.24) is 13.9 Å². The summed E-state index contributed by atoms with van der Waals surface area (Å²) in [6.07, 6.45) is 0. The SMILES string of the molecule is Cc1nc2ccccc2c(=O)n1Cc1cccc(S(=O)(=O)N2CCOCC2)c1. The van der Waals surface area contributed by atoms with Crippen LogP contribution in [0.5, 0.6) is 0 Å². The van der Waals surface area contributed by atoms with Crippen molar-refractivity contribution in [3.05, 3.63) is 70.3 Å². The van der Waals surface area contributed by atoms with Crippen LogP contribution < -0.4 is 5.56 Å². The minimum absolute atomic E-state index is 0.135. The van der Waals surface area contributed by atoms with Gasteiger partial charge in [0.05, 0.1) is 35.6 Å². The van der Waals surface area contributed by atoms with Gasteiger partial charge in [-0.3, -0.25) is 9.36 Å². The Morgan fingerprint density at radius 2 is 1.82 bits per heavy atom. The highest BCUT2D eigenvalue weighted by atomic mass is 32.2. The van der Waals surface area contributed by atoms with Gasteiger partial charge in [-0.05, 0) is 36.8 Å². The molecule has 28 heavy (non-hydrogen) atoms.